The Labute approximate surface area is 132 Å². The van der Waals surface area contributed by atoms with E-state index in [0.29, 0.717) is 5.69 Å². The van der Waals surface area contributed by atoms with Crippen molar-refractivity contribution in [3.05, 3.63) is 53.3 Å². The largest absolute Gasteiger partial charge is 0.496 e. The lowest BCUT2D eigenvalue weighted by atomic mass is 10.1. The molecule has 0 saturated carbocycles. The Hall–Kier alpha value is -2.68. The van der Waals surface area contributed by atoms with Crippen LogP contribution in [0.2, 0.25) is 0 Å². The molecule has 1 aromatic heterocycles. The van der Waals surface area contributed by atoms with E-state index in [1.54, 1.807) is 7.11 Å². The molecule has 6 heteroatoms. The molecule has 0 atom stereocenters. The summed E-state index contributed by atoms with van der Waals surface area (Å²) < 4.78 is 42.8. The maximum absolute atomic E-state index is 12.5. The number of ether oxygens (including phenoxy) is 1. The Morgan fingerprint density at radius 3 is 2.65 bits per heavy atom. The number of rotatable bonds is 3. The van der Waals surface area contributed by atoms with Crippen molar-refractivity contribution in [3.8, 4) is 17.6 Å². The van der Waals surface area contributed by atoms with Crippen molar-refractivity contribution in [3.63, 3.8) is 0 Å². The fourth-order valence-corrected chi connectivity index (χ4v) is 1.94. The number of anilines is 1. The van der Waals surface area contributed by atoms with Crippen LogP contribution in [-0.4, -0.2) is 18.6 Å². The number of hydrogen-bond donors (Lipinski definition) is 1. The van der Waals surface area contributed by atoms with Gasteiger partial charge in [0.05, 0.1) is 13.7 Å². The smallest absolute Gasteiger partial charge is 0.433 e. The van der Waals surface area contributed by atoms with Crippen LogP contribution in [-0.2, 0) is 6.18 Å². The predicted molar refractivity (Wildman–Crippen MR) is 82.3 cm³/mol. The number of alkyl halides is 3. The van der Waals surface area contributed by atoms with Gasteiger partial charge in [0, 0.05) is 17.4 Å². The lowest BCUT2D eigenvalue weighted by molar-refractivity contribution is -0.141. The average Bonchev–Trinajstić information content (AvgIpc) is 2.51. The second-order valence-corrected chi connectivity index (χ2v) is 4.77. The highest BCUT2D eigenvalue weighted by molar-refractivity contribution is 5.47. The number of aryl methyl sites for hydroxylation is 1. The molecule has 0 fully saturated rings. The summed E-state index contributed by atoms with van der Waals surface area (Å²) >= 11 is 0. The Kier molecular flexibility index (Phi) is 5.12. The third-order valence-corrected chi connectivity index (χ3v) is 3.06. The van der Waals surface area contributed by atoms with Crippen molar-refractivity contribution in [2.75, 3.05) is 19.0 Å². The van der Waals surface area contributed by atoms with Gasteiger partial charge in [0.15, 0.2) is 0 Å². The quantitative estimate of drug-likeness (QED) is 0.872. The number of nitrogens with one attached hydrogen (secondary N) is 1. The fraction of sp³-hybridized carbons (Fsp3) is 0.235. The summed E-state index contributed by atoms with van der Waals surface area (Å²) in [5, 5.41) is 2.83. The standard InChI is InChI=1S/C17H15F3N2O/c1-12-10-13(5-6-15(12)23-2)4-3-8-21-14-7-9-22-16(11-14)17(18,19)20/h5-7,9-11H,8H2,1-2H3,(H,21,22). The summed E-state index contributed by atoms with van der Waals surface area (Å²) in [5.41, 5.74) is 1.18. The molecule has 23 heavy (non-hydrogen) atoms. The van der Waals surface area contributed by atoms with Gasteiger partial charge in [0.1, 0.15) is 11.4 Å². The van der Waals surface area contributed by atoms with Gasteiger partial charge in [-0.3, -0.25) is 4.98 Å². The highest BCUT2D eigenvalue weighted by Gasteiger charge is 2.32. The highest BCUT2D eigenvalue weighted by Crippen LogP contribution is 2.28. The Bertz CT molecular complexity index is 745. The van der Waals surface area contributed by atoms with Crippen LogP contribution in [0.3, 0.4) is 0 Å². The molecule has 2 rings (SSSR count). The highest BCUT2D eigenvalue weighted by atomic mass is 19.4. The van der Waals surface area contributed by atoms with Crippen molar-refractivity contribution >= 4 is 5.69 Å². The number of halogens is 3. The molecule has 0 spiro atoms. The van der Waals surface area contributed by atoms with Crippen LogP contribution in [0.4, 0.5) is 18.9 Å². The van der Waals surface area contributed by atoms with E-state index >= 15 is 0 Å². The molecule has 1 heterocycles. The second-order valence-electron chi connectivity index (χ2n) is 4.77. The Morgan fingerprint density at radius 2 is 2.00 bits per heavy atom. The Balaban J connectivity index is 2.00. The summed E-state index contributed by atoms with van der Waals surface area (Å²) in [5.74, 6) is 6.60. The van der Waals surface area contributed by atoms with Crippen LogP contribution >= 0.6 is 0 Å². The molecular weight excluding hydrogens is 305 g/mol. The molecule has 0 aliphatic rings. The van der Waals surface area contributed by atoms with E-state index in [1.165, 1.54) is 6.07 Å². The van der Waals surface area contributed by atoms with E-state index < -0.39 is 11.9 Å². The van der Waals surface area contributed by atoms with Gasteiger partial charge in [-0.1, -0.05) is 11.8 Å². The monoisotopic (exact) mass is 320 g/mol. The number of pyridine rings is 1. The van der Waals surface area contributed by atoms with Gasteiger partial charge in [-0.15, -0.1) is 0 Å². The number of nitrogens with zero attached hydrogens (tertiary/aromatic N) is 1. The minimum absolute atomic E-state index is 0.229. The van der Waals surface area contributed by atoms with Crippen LogP contribution in [0.1, 0.15) is 16.8 Å². The molecule has 0 radical (unpaired) electrons. The van der Waals surface area contributed by atoms with E-state index in [0.717, 1.165) is 29.1 Å². The minimum Gasteiger partial charge on any atom is -0.496 e. The molecule has 0 aliphatic carbocycles. The molecule has 1 N–H and O–H groups in total. The van der Waals surface area contributed by atoms with E-state index in [-0.39, 0.29) is 6.54 Å². The van der Waals surface area contributed by atoms with Crippen molar-refractivity contribution in [1.29, 1.82) is 0 Å². The molecule has 0 unspecified atom stereocenters. The normalized spacial score (nSPS) is 10.7. The summed E-state index contributed by atoms with van der Waals surface area (Å²) in [4.78, 5) is 3.30. The molecule has 0 aliphatic heterocycles. The van der Waals surface area contributed by atoms with Gasteiger partial charge in [-0.05, 0) is 42.8 Å². The van der Waals surface area contributed by atoms with Crippen LogP contribution < -0.4 is 10.1 Å². The maximum atomic E-state index is 12.5. The zero-order valence-corrected chi connectivity index (χ0v) is 12.7. The molecule has 0 saturated heterocycles. The zero-order chi connectivity index (χ0) is 16.9. The minimum atomic E-state index is -4.45. The van der Waals surface area contributed by atoms with Crippen LogP contribution in [0, 0.1) is 18.8 Å². The molecule has 120 valence electrons. The van der Waals surface area contributed by atoms with E-state index in [2.05, 4.69) is 22.1 Å². The molecule has 2 aromatic rings. The zero-order valence-electron chi connectivity index (χ0n) is 12.7. The van der Waals surface area contributed by atoms with Crippen LogP contribution in [0.15, 0.2) is 36.5 Å². The summed E-state index contributed by atoms with van der Waals surface area (Å²) in [7, 11) is 1.60. The van der Waals surface area contributed by atoms with Crippen molar-refractivity contribution in [2.24, 2.45) is 0 Å². The lowest BCUT2D eigenvalue weighted by Gasteiger charge is -2.07. The second kappa shape index (κ2) is 7.05. The van der Waals surface area contributed by atoms with Crippen molar-refractivity contribution in [1.82, 2.24) is 4.98 Å². The molecular formula is C17H15F3N2O. The molecule has 3 nitrogen and oxygen atoms in total. The number of methoxy groups -OCH3 is 1. The molecule has 0 bridgehead atoms. The topological polar surface area (TPSA) is 34.1 Å². The number of aromatic nitrogens is 1. The van der Waals surface area contributed by atoms with Crippen LogP contribution in [0.5, 0.6) is 5.75 Å². The van der Waals surface area contributed by atoms with Gasteiger partial charge >= 0.3 is 6.18 Å². The first kappa shape index (κ1) is 16.7. The van der Waals surface area contributed by atoms with Gasteiger partial charge in [0.2, 0.25) is 0 Å². The summed E-state index contributed by atoms with van der Waals surface area (Å²) in [6.45, 7) is 2.14. The van der Waals surface area contributed by atoms with Gasteiger partial charge in [-0.2, -0.15) is 13.2 Å². The number of hydrogen-bond acceptors (Lipinski definition) is 3. The molecule has 1 aromatic carbocycles. The third-order valence-electron chi connectivity index (χ3n) is 3.06. The predicted octanol–water partition coefficient (Wildman–Crippen LogP) is 3.88. The van der Waals surface area contributed by atoms with E-state index in [1.807, 2.05) is 25.1 Å². The Morgan fingerprint density at radius 1 is 1.22 bits per heavy atom. The summed E-state index contributed by atoms with van der Waals surface area (Å²) in [6.07, 6.45) is -3.34. The average molecular weight is 320 g/mol. The first-order chi connectivity index (χ1) is 10.9. The van der Waals surface area contributed by atoms with Crippen molar-refractivity contribution in [2.45, 2.75) is 13.1 Å². The van der Waals surface area contributed by atoms with E-state index in [4.69, 9.17) is 4.74 Å². The summed E-state index contributed by atoms with van der Waals surface area (Å²) in [6, 6.07) is 7.96. The van der Waals surface area contributed by atoms with E-state index in [9.17, 15) is 13.2 Å². The van der Waals surface area contributed by atoms with Crippen LogP contribution in [0.25, 0.3) is 0 Å². The van der Waals surface area contributed by atoms with Gasteiger partial charge in [-0.25, -0.2) is 0 Å². The lowest BCUT2D eigenvalue weighted by Crippen LogP contribution is -2.09. The fourth-order valence-electron chi connectivity index (χ4n) is 1.94. The number of benzene rings is 1. The van der Waals surface area contributed by atoms with Gasteiger partial charge < -0.3 is 10.1 Å². The van der Waals surface area contributed by atoms with Crippen molar-refractivity contribution < 1.29 is 17.9 Å². The van der Waals surface area contributed by atoms with Gasteiger partial charge in [0.25, 0.3) is 0 Å². The third kappa shape index (κ3) is 4.65. The first-order valence-corrected chi connectivity index (χ1v) is 6.81. The first-order valence-electron chi connectivity index (χ1n) is 6.81. The molecule has 0 amide bonds. The SMILES string of the molecule is COc1ccc(C#CCNc2ccnc(C(F)(F)F)c2)cc1C. The maximum Gasteiger partial charge on any atom is 0.433 e.